The summed E-state index contributed by atoms with van der Waals surface area (Å²) in [7, 11) is 0. The van der Waals surface area contributed by atoms with E-state index in [1.165, 1.54) is 12.8 Å². The monoisotopic (exact) mass is 473 g/mol. The Morgan fingerprint density at radius 2 is 2.03 bits per heavy atom. The number of nitrogens with one attached hydrogen (secondary N) is 1. The number of ether oxygens (including phenoxy) is 1. The third-order valence-corrected chi connectivity index (χ3v) is 7.42. The Bertz CT molecular complexity index is 916. The van der Waals surface area contributed by atoms with Crippen LogP contribution in [-0.4, -0.2) is 39.8 Å². The molecule has 6 nitrogen and oxygen atoms in total. The highest BCUT2D eigenvalue weighted by atomic mass is 35.5. The van der Waals surface area contributed by atoms with E-state index in [0.29, 0.717) is 29.9 Å². The van der Waals surface area contributed by atoms with Gasteiger partial charge in [0.15, 0.2) is 5.15 Å². The molecule has 180 valence electrons. The van der Waals surface area contributed by atoms with Crippen LogP contribution in [-0.2, 0) is 29.1 Å². The average molecular weight is 474 g/mol. The number of carbonyl (C=O) groups excluding carboxylic acids is 1. The van der Waals surface area contributed by atoms with Crippen molar-refractivity contribution in [3.63, 3.8) is 0 Å². The molecule has 2 heterocycles. The van der Waals surface area contributed by atoms with Crippen LogP contribution < -0.4 is 5.32 Å². The molecule has 2 unspecified atom stereocenters. The number of amides is 1. The van der Waals surface area contributed by atoms with Crippen LogP contribution in [0, 0.1) is 5.92 Å². The van der Waals surface area contributed by atoms with Gasteiger partial charge in [-0.1, -0.05) is 62.1 Å². The molecule has 2 aliphatic rings. The minimum atomic E-state index is -0.134. The molecule has 0 spiro atoms. The number of benzene rings is 1. The van der Waals surface area contributed by atoms with Gasteiger partial charge in [-0.3, -0.25) is 4.79 Å². The van der Waals surface area contributed by atoms with Crippen molar-refractivity contribution in [3.05, 3.63) is 52.1 Å². The molecule has 1 aliphatic heterocycles. The Balaban J connectivity index is 1.53. The van der Waals surface area contributed by atoms with Gasteiger partial charge < -0.3 is 19.7 Å². The maximum absolute atomic E-state index is 13.3. The van der Waals surface area contributed by atoms with Crippen molar-refractivity contribution in [2.24, 2.45) is 5.92 Å². The SMILES string of the molecule is CCCCc1nc(Cl)c(CO)n1Cc1ccc(C(C(=O)NC2CCOC2)C2CCCC2)cc1. The Morgan fingerprint density at radius 3 is 2.67 bits per heavy atom. The number of aromatic nitrogens is 2. The van der Waals surface area contributed by atoms with Gasteiger partial charge in [-0.2, -0.15) is 0 Å². The molecular formula is C26H36ClN3O3. The lowest BCUT2D eigenvalue weighted by atomic mass is 9.83. The lowest BCUT2D eigenvalue weighted by Gasteiger charge is -2.25. The van der Waals surface area contributed by atoms with Gasteiger partial charge in [0.05, 0.1) is 30.9 Å². The highest BCUT2D eigenvalue weighted by molar-refractivity contribution is 6.30. The first-order valence-electron chi connectivity index (χ1n) is 12.4. The first-order chi connectivity index (χ1) is 16.1. The van der Waals surface area contributed by atoms with Crippen LogP contribution in [0.2, 0.25) is 5.15 Å². The summed E-state index contributed by atoms with van der Waals surface area (Å²) in [4.78, 5) is 17.8. The average Bonchev–Trinajstić information content (AvgIpc) is 3.57. The van der Waals surface area contributed by atoms with Crippen molar-refractivity contribution in [1.29, 1.82) is 0 Å². The molecule has 1 aromatic heterocycles. The van der Waals surface area contributed by atoms with Crippen LogP contribution in [0.5, 0.6) is 0 Å². The van der Waals surface area contributed by atoms with E-state index in [0.717, 1.165) is 62.1 Å². The van der Waals surface area contributed by atoms with Crippen LogP contribution >= 0.6 is 11.6 Å². The van der Waals surface area contributed by atoms with Crippen molar-refractivity contribution in [1.82, 2.24) is 14.9 Å². The second kappa shape index (κ2) is 11.5. The molecule has 2 N–H and O–H groups in total. The summed E-state index contributed by atoms with van der Waals surface area (Å²) in [6, 6.07) is 8.53. The molecule has 2 fully saturated rings. The van der Waals surface area contributed by atoms with E-state index in [4.69, 9.17) is 16.3 Å². The van der Waals surface area contributed by atoms with Gasteiger partial charge in [-0.25, -0.2) is 4.98 Å². The summed E-state index contributed by atoms with van der Waals surface area (Å²) < 4.78 is 7.48. The molecule has 1 saturated heterocycles. The number of imidazole rings is 1. The van der Waals surface area contributed by atoms with Gasteiger partial charge in [0.1, 0.15) is 5.82 Å². The number of halogens is 1. The minimum Gasteiger partial charge on any atom is -0.390 e. The summed E-state index contributed by atoms with van der Waals surface area (Å²) in [5.74, 6) is 1.33. The third-order valence-electron chi connectivity index (χ3n) is 7.12. The number of hydrogen-bond acceptors (Lipinski definition) is 4. The molecule has 4 rings (SSSR count). The number of unbranched alkanes of at least 4 members (excludes halogenated alkanes) is 1. The van der Waals surface area contributed by atoms with E-state index in [1.54, 1.807) is 0 Å². The number of carbonyl (C=O) groups is 1. The molecule has 1 amide bonds. The zero-order chi connectivity index (χ0) is 23.2. The predicted octanol–water partition coefficient (Wildman–Crippen LogP) is 4.60. The normalized spacial score (nSPS) is 19.8. The van der Waals surface area contributed by atoms with Gasteiger partial charge in [-0.05, 0) is 42.7 Å². The first-order valence-corrected chi connectivity index (χ1v) is 12.8. The summed E-state index contributed by atoms with van der Waals surface area (Å²) in [6.45, 7) is 3.96. The Labute approximate surface area is 201 Å². The maximum Gasteiger partial charge on any atom is 0.228 e. The highest BCUT2D eigenvalue weighted by Gasteiger charge is 2.33. The van der Waals surface area contributed by atoms with Gasteiger partial charge in [0.25, 0.3) is 0 Å². The zero-order valence-corrected chi connectivity index (χ0v) is 20.3. The summed E-state index contributed by atoms with van der Waals surface area (Å²) >= 11 is 6.29. The lowest BCUT2D eigenvalue weighted by Crippen LogP contribution is -2.40. The molecule has 2 atom stereocenters. The molecule has 33 heavy (non-hydrogen) atoms. The fraction of sp³-hybridized carbons (Fsp3) is 0.615. The summed E-state index contributed by atoms with van der Waals surface area (Å²) in [6.07, 6.45) is 8.44. The largest absolute Gasteiger partial charge is 0.390 e. The molecule has 0 radical (unpaired) electrons. The Hall–Kier alpha value is -1.89. The van der Waals surface area contributed by atoms with E-state index >= 15 is 0 Å². The lowest BCUT2D eigenvalue weighted by molar-refractivity contribution is -0.124. The number of rotatable bonds is 10. The Kier molecular flexibility index (Phi) is 8.45. The second-order valence-electron chi connectivity index (χ2n) is 9.45. The van der Waals surface area contributed by atoms with Gasteiger partial charge in [0, 0.05) is 19.6 Å². The summed E-state index contributed by atoms with van der Waals surface area (Å²) in [5.41, 5.74) is 2.85. The third kappa shape index (κ3) is 5.79. The molecule has 2 aromatic rings. The van der Waals surface area contributed by atoms with E-state index < -0.39 is 0 Å². The predicted molar refractivity (Wildman–Crippen MR) is 129 cm³/mol. The minimum absolute atomic E-state index is 0.113. The second-order valence-corrected chi connectivity index (χ2v) is 9.80. The van der Waals surface area contributed by atoms with Gasteiger partial charge >= 0.3 is 0 Å². The van der Waals surface area contributed by atoms with Crippen molar-refractivity contribution < 1.29 is 14.6 Å². The van der Waals surface area contributed by atoms with E-state index in [1.807, 2.05) is 4.57 Å². The summed E-state index contributed by atoms with van der Waals surface area (Å²) in [5, 5.41) is 13.5. The molecule has 7 heteroatoms. The molecule has 0 bridgehead atoms. The quantitative estimate of drug-likeness (QED) is 0.528. The van der Waals surface area contributed by atoms with Crippen LogP contribution in [0.1, 0.15) is 80.4 Å². The van der Waals surface area contributed by atoms with Crippen molar-refractivity contribution in [2.75, 3.05) is 13.2 Å². The van der Waals surface area contributed by atoms with Gasteiger partial charge in [0.2, 0.25) is 5.91 Å². The van der Waals surface area contributed by atoms with Crippen LogP contribution in [0.25, 0.3) is 0 Å². The number of aliphatic hydroxyl groups is 1. The van der Waals surface area contributed by atoms with Gasteiger partial charge in [-0.15, -0.1) is 0 Å². The van der Waals surface area contributed by atoms with Crippen LogP contribution in [0.15, 0.2) is 24.3 Å². The fourth-order valence-corrected chi connectivity index (χ4v) is 5.51. The Morgan fingerprint density at radius 1 is 1.27 bits per heavy atom. The maximum atomic E-state index is 13.3. The van der Waals surface area contributed by atoms with E-state index in [9.17, 15) is 9.90 Å². The van der Waals surface area contributed by atoms with Crippen molar-refractivity contribution >= 4 is 17.5 Å². The molecule has 1 aliphatic carbocycles. The first kappa shape index (κ1) is 24.2. The number of hydrogen-bond donors (Lipinski definition) is 2. The van der Waals surface area contributed by atoms with Crippen molar-refractivity contribution in [3.8, 4) is 0 Å². The number of aliphatic hydroxyl groups excluding tert-OH is 1. The molecule has 1 aromatic carbocycles. The van der Waals surface area contributed by atoms with Crippen LogP contribution in [0.3, 0.4) is 0 Å². The number of nitrogens with zero attached hydrogens (tertiary/aromatic N) is 2. The zero-order valence-electron chi connectivity index (χ0n) is 19.6. The van der Waals surface area contributed by atoms with Crippen molar-refractivity contribution in [2.45, 2.75) is 83.4 Å². The molecular weight excluding hydrogens is 438 g/mol. The highest BCUT2D eigenvalue weighted by Crippen LogP contribution is 2.38. The smallest absolute Gasteiger partial charge is 0.228 e. The standard InChI is InChI=1S/C26H36ClN3O3/c1-2-3-8-23-29-25(27)22(16-31)30(23)15-18-9-11-20(12-10-18)24(19-6-4-5-7-19)26(32)28-21-13-14-33-17-21/h9-12,19,21,24,31H,2-8,13-17H2,1H3,(H,28,32). The molecule has 1 saturated carbocycles. The van der Waals surface area contributed by atoms with E-state index in [2.05, 4.69) is 41.5 Å². The van der Waals surface area contributed by atoms with E-state index in [-0.39, 0.29) is 24.5 Å². The van der Waals surface area contributed by atoms with Crippen LogP contribution in [0.4, 0.5) is 0 Å². The topological polar surface area (TPSA) is 76.4 Å². The number of aryl methyl sites for hydroxylation is 1. The fourth-order valence-electron chi connectivity index (χ4n) is 5.25.